The van der Waals surface area contributed by atoms with Gasteiger partial charge in [-0.3, -0.25) is 4.79 Å². The van der Waals surface area contributed by atoms with Crippen molar-refractivity contribution in [2.45, 2.75) is 6.92 Å². The van der Waals surface area contributed by atoms with Gasteiger partial charge in [-0.05, 0) is 42.8 Å². The standard InChI is InChI=1S/C14H12BrNO3/c1-8-7-9(5-6-11(8)15)16-14(19)10-3-2-4-12(17)13(10)18/h2-7,17-18H,1H3,(H,16,19). The molecule has 0 aliphatic heterocycles. The van der Waals surface area contributed by atoms with Crippen LogP contribution in [0.4, 0.5) is 5.69 Å². The number of para-hydroxylation sites is 1. The molecule has 0 spiro atoms. The van der Waals surface area contributed by atoms with E-state index in [1.807, 2.05) is 19.1 Å². The van der Waals surface area contributed by atoms with Gasteiger partial charge in [0.2, 0.25) is 0 Å². The number of carbonyl (C=O) groups excluding carboxylic acids is 1. The molecule has 19 heavy (non-hydrogen) atoms. The zero-order valence-electron chi connectivity index (χ0n) is 10.1. The Morgan fingerprint density at radius 1 is 1.21 bits per heavy atom. The first-order valence-corrected chi connectivity index (χ1v) is 6.37. The first-order chi connectivity index (χ1) is 8.99. The van der Waals surface area contributed by atoms with Crippen LogP contribution in [-0.4, -0.2) is 16.1 Å². The normalized spacial score (nSPS) is 10.2. The van der Waals surface area contributed by atoms with Crippen LogP contribution in [0.2, 0.25) is 0 Å². The largest absolute Gasteiger partial charge is 0.504 e. The summed E-state index contributed by atoms with van der Waals surface area (Å²) in [4.78, 5) is 12.0. The number of rotatable bonds is 2. The van der Waals surface area contributed by atoms with Crippen molar-refractivity contribution in [1.29, 1.82) is 0 Å². The number of phenolic OH excluding ortho intramolecular Hbond substituents is 2. The quantitative estimate of drug-likeness (QED) is 0.742. The summed E-state index contributed by atoms with van der Waals surface area (Å²) < 4.78 is 0.950. The van der Waals surface area contributed by atoms with Crippen LogP contribution in [-0.2, 0) is 0 Å². The minimum atomic E-state index is -0.477. The smallest absolute Gasteiger partial charge is 0.259 e. The summed E-state index contributed by atoms with van der Waals surface area (Å²) >= 11 is 3.38. The maximum atomic E-state index is 12.0. The van der Waals surface area contributed by atoms with Crippen molar-refractivity contribution in [3.63, 3.8) is 0 Å². The van der Waals surface area contributed by atoms with Crippen LogP contribution in [0.3, 0.4) is 0 Å². The van der Waals surface area contributed by atoms with E-state index in [2.05, 4.69) is 21.2 Å². The highest BCUT2D eigenvalue weighted by Crippen LogP contribution is 2.29. The highest BCUT2D eigenvalue weighted by Gasteiger charge is 2.14. The minimum Gasteiger partial charge on any atom is -0.504 e. The Kier molecular flexibility index (Phi) is 3.76. The molecule has 0 bridgehead atoms. The topological polar surface area (TPSA) is 69.6 Å². The number of phenols is 2. The van der Waals surface area contributed by atoms with E-state index in [1.165, 1.54) is 18.2 Å². The number of amides is 1. The molecule has 0 fully saturated rings. The molecule has 4 nitrogen and oxygen atoms in total. The molecule has 0 saturated carbocycles. The summed E-state index contributed by atoms with van der Waals surface area (Å²) in [5.41, 5.74) is 1.63. The number of anilines is 1. The molecule has 3 N–H and O–H groups in total. The monoisotopic (exact) mass is 321 g/mol. The number of hydrogen-bond donors (Lipinski definition) is 3. The number of aryl methyl sites for hydroxylation is 1. The summed E-state index contributed by atoms with van der Waals surface area (Å²) in [6.45, 7) is 1.91. The Balaban J connectivity index is 2.26. The number of nitrogens with one attached hydrogen (secondary N) is 1. The fraction of sp³-hybridized carbons (Fsp3) is 0.0714. The second-order valence-corrected chi connectivity index (χ2v) is 4.95. The van der Waals surface area contributed by atoms with Gasteiger partial charge in [0.25, 0.3) is 5.91 Å². The van der Waals surface area contributed by atoms with Crippen molar-refractivity contribution in [2.75, 3.05) is 5.32 Å². The van der Waals surface area contributed by atoms with Gasteiger partial charge in [0, 0.05) is 10.2 Å². The van der Waals surface area contributed by atoms with E-state index in [1.54, 1.807) is 6.07 Å². The fourth-order valence-corrected chi connectivity index (χ4v) is 1.88. The molecule has 5 heteroatoms. The second-order valence-electron chi connectivity index (χ2n) is 4.09. The van der Waals surface area contributed by atoms with Crippen molar-refractivity contribution in [3.8, 4) is 11.5 Å². The van der Waals surface area contributed by atoms with Crippen molar-refractivity contribution >= 4 is 27.5 Å². The van der Waals surface area contributed by atoms with Gasteiger partial charge in [0.05, 0.1) is 5.56 Å². The molecule has 0 saturated heterocycles. The third-order valence-electron chi connectivity index (χ3n) is 2.68. The number of aromatic hydroxyl groups is 2. The van der Waals surface area contributed by atoms with Crippen LogP contribution < -0.4 is 5.32 Å². The summed E-state index contributed by atoms with van der Waals surface area (Å²) in [5.74, 6) is -1.22. The van der Waals surface area contributed by atoms with Gasteiger partial charge in [0.15, 0.2) is 11.5 Å². The Morgan fingerprint density at radius 3 is 2.63 bits per heavy atom. The Morgan fingerprint density at radius 2 is 1.95 bits per heavy atom. The lowest BCUT2D eigenvalue weighted by Crippen LogP contribution is -2.12. The van der Waals surface area contributed by atoms with Crippen LogP contribution in [0.5, 0.6) is 11.5 Å². The van der Waals surface area contributed by atoms with Gasteiger partial charge in [-0.15, -0.1) is 0 Å². The number of benzene rings is 2. The van der Waals surface area contributed by atoms with Crippen molar-refractivity contribution in [1.82, 2.24) is 0 Å². The first-order valence-electron chi connectivity index (χ1n) is 5.57. The van der Waals surface area contributed by atoms with Gasteiger partial charge in [-0.25, -0.2) is 0 Å². The lowest BCUT2D eigenvalue weighted by Gasteiger charge is -2.09. The van der Waals surface area contributed by atoms with E-state index in [4.69, 9.17) is 0 Å². The highest BCUT2D eigenvalue weighted by molar-refractivity contribution is 9.10. The third-order valence-corrected chi connectivity index (χ3v) is 3.56. The number of halogens is 1. The van der Waals surface area contributed by atoms with Gasteiger partial charge < -0.3 is 15.5 Å². The summed E-state index contributed by atoms with van der Waals surface area (Å²) in [7, 11) is 0. The second kappa shape index (κ2) is 5.32. The van der Waals surface area contributed by atoms with Gasteiger partial charge in [-0.2, -0.15) is 0 Å². The van der Waals surface area contributed by atoms with E-state index < -0.39 is 11.7 Å². The average molecular weight is 322 g/mol. The molecule has 0 unspecified atom stereocenters. The molecule has 0 atom stereocenters. The predicted molar refractivity (Wildman–Crippen MR) is 76.6 cm³/mol. The van der Waals surface area contributed by atoms with Crippen LogP contribution in [0, 0.1) is 6.92 Å². The lowest BCUT2D eigenvalue weighted by molar-refractivity contribution is 0.102. The zero-order chi connectivity index (χ0) is 14.0. The first kappa shape index (κ1) is 13.4. The summed E-state index contributed by atoms with van der Waals surface area (Å²) in [6.07, 6.45) is 0. The van der Waals surface area contributed by atoms with E-state index in [0.717, 1.165) is 10.0 Å². The van der Waals surface area contributed by atoms with Crippen LogP contribution in [0.25, 0.3) is 0 Å². The van der Waals surface area contributed by atoms with Crippen LogP contribution >= 0.6 is 15.9 Å². The van der Waals surface area contributed by atoms with E-state index in [9.17, 15) is 15.0 Å². The predicted octanol–water partition coefficient (Wildman–Crippen LogP) is 3.42. The van der Waals surface area contributed by atoms with E-state index >= 15 is 0 Å². The molecular formula is C14H12BrNO3. The van der Waals surface area contributed by atoms with Crippen molar-refractivity contribution in [3.05, 3.63) is 52.0 Å². The Hall–Kier alpha value is -2.01. The Bertz CT molecular complexity index is 641. The molecule has 0 aromatic heterocycles. The maximum absolute atomic E-state index is 12.0. The van der Waals surface area contributed by atoms with E-state index in [-0.39, 0.29) is 11.3 Å². The third kappa shape index (κ3) is 2.88. The minimum absolute atomic E-state index is 0.0283. The molecule has 2 rings (SSSR count). The fourth-order valence-electron chi connectivity index (χ4n) is 1.64. The molecule has 2 aromatic rings. The molecule has 0 aliphatic rings. The molecule has 0 radical (unpaired) electrons. The summed E-state index contributed by atoms with van der Waals surface area (Å²) in [5, 5.41) is 21.6. The lowest BCUT2D eigenvalue weighted by atomic mass is 10.1. The summed E-state index contributed by atoms with van der Waals surface area (Å²) in [6, 6.07) is 9.63. The van der Waals surface area contributed by atoms with Crippen molar-refractivity contribution in [2.24, 2.45) is 0 Å². The molecule has 2 aromatic carbocycles. The number of carbonyl (C=O) groups is 1. The highest BCUT2D eigenvalue weighted by atomic mass is 79.9. The molecular weight excluding hydrogens is 310 g/mol. The van der Waals surface area contributed by atoms with Crippen LogP contribution in [0.1, 0.15) is 15.9 Å². The van der Waals surface area contributed by atoms with Crippen LogP contribution in [0.15, 0.2) is 40.9 Å². The zero-order valence-corrected chi connectivity index (χ0v) is 11.7. The van der Waals surface area contributed by atoms with Gasteiger partial charge in [0.1, 0.15) is 0 Å². The maximum Gasteiger partial charge on any atom is 0.259 e. The number of hydrogen-bond acceptors (Lipinski definition) is 3. The molecule has 1 amide bonds. The molecule has 0 aliphatic carbocycles. The van der Waals surface area contributed by atoms with Gasteiger partial charge in [-0.1, -0.05) is 22.0 Å². The molecule has 0 heterocycles. The SMILES string of the molecule is Cc1cc(NC(=O)c2cccc(O)c2O)ccc1Br. The average Bonchev–Trinajstić information content (AvgIpc) is 2.37. The van der Waals surface area contributed by atoms with Gasteiger partial charge >= 0.3 is 0 Å². The molecule has 98 valence electrons. The Labute approximate surface area is 118 Å². The van der Waals surface area contributed by atoms with Crippen molar-refractivity contribution < 1.29 is 15.0 Å². The van der Waals surface area contributed by atoms with E-state index in [0.29, 0.717) is 5.69 Å².